The van der Waals surface area contributed by atoms with Crippen LogP contribution in [0.5, 0.6) is 0 Å². The van der Waals surface area contributed by atoms with Crippen LogP contribution in [-0.2, 0) is 6.54 Å². The molecule has 0 amide bonds. The van der Waals surface area contributed by atoms with Crippen LogP contribution in [0, 0.1) is 0 Å². The second-order valence-electron chi connectivity index (χ2n) is 4.61. The van der Waals surface area contributed by atoms with Gasteiger partial charge in [0.2, 0.25) is 0 Å². The number of hydrogen-bond acceptors (Lipinski definition) is 1. The van der Waals surface area contributed by atoms with Crippen molar-refractivity contribution in [2.75, 3.05) is 0 Å². The molecule has 1 heterocycles. The molecule has 0 spiro atoms. The Morgan fingerprint density at radius 2 is 1.85 bits per heavy atom. The van der Waals surface area contributed by atoms with Gasteiger partial charge in [-0.2, -0.15) is 0 Å². The summed E-state index contributed by atoms with van der Waals surface area (Å²) in [7, 11) is 0. The van der Waals surface area contributed by atoms with Crippen molar-refractivity contribution in [3.63, 3.8) is 0 Å². The van der Waals surface area contributed by atoms with Gasteiger partial charge in [-0.15, -0.1) is 0 Å². The number of aromatic carboxylic acids is 1. The van der Waals surface area contributed by atoms with E-state index in [-0.39, 0.29) is 0 Å². The minimum absolute atomic E-state index is 0.344. The fourth-order valence-corrected chi connectivity index (χ4v) is 2.60. The van der Waals surface area contributed by atoms with Gasteiger partial charge in [0.25, 0.3) is 0 Å². The first-order valence-electron chi connectivity index (χ1n) is 6.21. The van der Waals surface area contributed by atoms with Gasteiger partial charge >= 0.3 is 5.97 Å². The summed E-state index contributed by atoms with van der Waals surface area (Å²) >= 11 is 3.42. The Kier molecular flexibility index (Phi) is 3.32. The zero-order valence-electron chi connectivity index (χ0n) is 10.6. The Morgan fingerprint density at radius 3 is 2.55 bits per heavy atom. The Labute approximate surface area is 124 Å². The molecular weight excluding hydrogens is 318 g/mol. The van der Waals surface area contributed by atoms with Crippen molar-refractivity contribution in [3.05, 3.63) is 70.3 Å². The Balaban J connectivity index is 2.03. The van der Waals surface area contributed by atoms with Crippen molar-refractivity contribution < 1.29 is 9.90 Å². The Morgan fingerprint density at radius 1 is 1.10 bits per heavy atom. The highest BCUT2D eigenvalue weighted by molar-refractivity contribution is 9.10. The molecule has 1 N–H and O–H groups in total. The number of rotatable bonds is 3. The van der Waals surface area contributed by atoms with Gasteiger partial charge in [-0.05, 0) is 35.9 Å². The molecule has 100 valence electrons. The number of carboxylic acid groups (broad SMARTS) is 1. The largest absolute Gasteiger partial charge is 0.478 e. The van der Waals surface area contributed by atoms with Gasteiger partial charge in [-0.1, -0.05) is 34.1 Å². The Bertz CT molecular complexity index is 775. The van der Waals surface area contributed by atoms with Gasteiger partial charge in [0.1, 0.15) is 0 Å². The lowest BCUT2D eigenvalue weighted by atomic mass is 10.1. The summed E-state index contributed by atoms with van der Waals surface area (Å²) in [6.07, 6.45) is 1.93. The fraction of sp³-hybridized carbons (Fsp3) is 0.0625. The molecule has 1 aromatic heterocycles. The van der Waals surface area contributed by atoms with Gasteiger partial charge in [0, 0.05) is 28.1 Å². The number of aromatic nitrogens is 1. The molecule has 3 aromatic rings. The van der Waals surface area contributed by atoms with E-state index >= 15 is 0 Å². The molecule has 0 fully saturated rings. The minimum Gasteiger partial charge on any atom is -0.478 e. The van der Waals surface area contributed by atoms with Crippen LogP contribution in [0.2, 0.25) is 0 Å². The van der Waals surface area contributed by atoms with E-state index in [1.807, 2.05) is 30.5 Å². The van der Waals surface area contributed by atoms with E-state index in [1.54, 1.807) is 12.1 Å². The van der Waals surface area contributed by atoms with E-state index in [0.717, 1.165) is 21.9 Å². The molecule has 3 nitrogen and oxygen atoms in total. The maximum atomic E-state index is 11.2. The Hall–Kier alpha value is -2.07. The SMILES string of the molecule is O=C(O)c1cccc2c1ccn2Cc1ccc(Br)cc1. The summed E-state index contributed by atoms with van der Waals surface area (Å²) in [6, 6.07) is 15.3. The summed E-state index contributed by atoms with van der Waals surface area (Å²) in [5, 5.41) is 9.97. The number of carbonyl (C=O) groups is 1. The minimum atomic E-state index is -0.892. The number of halogens is 1. The zero-order valence-corrected chi connectivity index (χ0v) is 12.2. The highest BCUT2D eigenvalue weighted by atomic mass is 79.9. The van der Waals surface area contributed by atoms with E-state index in [9.17, 15) is 9.90 Å². The quantitative estimate of drug-likeness (QED) is 0.784. The molecule has 0 bridgehead atoms. The molecule has 0 aliphatic rings. The molecule has 0 atom stereocenters. The maximum Gasteiger partial charge on any atom is 0.336 e. The van der Waals surface area contributed by atoms with Crippen molar-refractivity contribution in [2.24, 2.45) is 0 Å². The van der Waals surface area contributed by atoms with Crippen LogP contribution in [0.1, 0.15) is 15.9 Å². The first-order chi connectivity index (χ1) is 9.65. The van der Waals surface area contributed by atoms with Crippen LogP contribution in [-0.4, -0.2) is 15.6 Å². The number of benzene rings is 2. The van der Waals surface area contributed by atoms with Crippen LogP contribution in [0.3, 0.4) is 0 Å². The van der Waals surface area contributed by atoms with Crippen LogP contribution >= 0.6 is 15.9 Å². The highest BCUT2D eigenvalue weighted by Crippen LogP contribution is 2.22. The fourth-order valence-electron chi connectivity index (χ4n) is 2.33. The number of hydrogen-bond donors (Lipinski definition) is 1. The van der Waals surface area contributed by atoms with Crippen molar-refractivity contribution in [3.8, 4) is 0 Å². The number of carboxylic acids is 1. The number of nitrogens with zero attached hydrogens (tertiary/aromatic N) is 1. The van der Waals surface area contributed by atoms with Crippen LogP contribution < -0.4 is 0 Å². The molecule has 4 heteroatoms. The van der Waals surface area contributed by atoms with Gasteiger partial charge in [0.05, 0.1) is 5.56 Å². The van der Waals surface area contributed by atoms with Gasteiger partial charge < -0.3 is 9.67 Å². The van der Waals surface area contributed by atoms with E-state index in [1.165, 1.54) is 5.56 Å². The van der Waals surface area contributed by atoms with Crippen molar-refractivity contribution in [2.45, 2.75) is 6.54 Å². The van der Waals surface area contributed by atoms with E-state index < -0.39 is 5.97 Å². The summed E-state index contributed by atoms with van der Waals surface area (Å²) in [6.45, 7) is 0.722. The molecule has 0 saturated heterocycles. The van der Waals surface area contributed by atoms with Gasteiger partial charge in [-0.3, -0.25) is 0 Å². The predicted molar refractivity (Wildman–Crippen MR) is 82.1 cm³/mol. The molecule has 0 unspecified atom stereocenters. The highest BCUT2D eigenvalue weighted by Gasteiger charge is 2.10. The normalized spacial score (nSPS) is 10.8. The molecular formula is C16H12BrNO2. The lowest BCUT2D eigenvalue weighted by molar-refractivity contribution is 0.0699. The third kappa shape index (κ3) is 2.34. The average molecular weight is 330 g/mol. The smallest absolute Gasteiger partial charge is 0.336 e. The first kappa shape index (κ1) is 12.9. The monoisotopic (exact) mass is 329 g/mol. The third-order valence-corrected chi connectivity index (χ3v) is 3.84. The predicted octanol–water partition coefficient (Wildman–Crippen LogP) is 4.15. The molecule has 20 heavy (non-hydrogen) atoms. The van der Waals surface area contributed by atoms with E-state index in [2.05, 4.69) is 32.6 Å². The van der Waals surface area contributed by atoms with Crippen molar-refractivity contribution in [1.29, 1.82) is 0 Å². The molecule has 0 saturated carbocycles. The lowest BCUT2D eigenvalue weighted by Crippen LogP contribution is -1.99. The van der Waals surface area contributed by atoms with E-state index in [4.69, 9.17) is 0 Å². The third-order valence-electron chi connectivity index (χ3n) is 3.31. The molecule has 0 aliphatic carbocycles. The van der Waals surface area contributed by atoms with Crippen molar-refractivity contribution >= 4 is 32.8 Å². The maximum absolute atomic E-state index is 11.2. The van der Waals surface area contributed by atoms with Crippen LogP contribution in [0.4, 0.5) is 0 Å². The second-order valence-corrected chi connectivity index (χ2v) is 5.53. The topological polar surface area (TPSA) is 42.2 Å². The lowest BCUT2D eigenvalue weighted by Gasteiger charge is -2.06. The molecule has 2 aromatic carbocycles. The average Bonchev–Trinajstić information content (AvgIpc) is 2.84. The van der Waals surface area contributed by atoms with Crippen LogP contribution in [0.25, 0.3) is 10.9 Å². The summed E-state index contributed by atoms with van der Waals surface area (Å²) in [4.78, 5) is 11.2. The molecule has 0 radical (unpaired) electrons. The second kappa shape index (κ2) is 5.13. The van der Waals surface area contributed by atoms with Gasteiger partial charge in [-0.25, -0.2) is 4.79 Å². The van der Waals surface area contributed by atoms with Gasteiger partial charge in [0.15, 0.2) is 0 Å². The summed E-state index contributed by atoms with van der Waals surface area (Å²) < 4.78 is 3.11. The van der Waals surface area contributed by atoms with E-state index in [0.29, 0.717) is 5.56 Å². The molecule has 3 rings (SSSR count). The summed E-state index contributed by atoms with van der Waals surface area (Å²) in [5.41, 5.74) is 2.45. The number of fused-ring (bicyclic) bond motifs is 1. The zero-order chi connectivity index (χ0) is 14.1. The standard InChI is InChI=1S/C16H12BrNO2/c17-12-6-4-11(5-7-12)10-18-9-8-13-14(16(19)20)2-1-3-15(13)18/h1-9H,10H2,(H,19,20). The van der Waals surface area contributed by atoms with Crippen LogP contribution in [0.15, 0.2) is 59.2 Å². The first-order valence-corrected chi connectivity index (χ1v) is 7.00. The van der Waals surface area contributed by atoms with Crippen molar-refractivity contribution in [1.82, 2.24) is 4.57 Å². The molecule has 0 aliphatic heterocycles. The summed E-state index contributed by atoms with van der Waals surface area (Å²) in [5.74, 6) is -0.892.